The summed E-state index contributed by atoms with van der Waals surface area (Å²) in [6.45, 7) is 30.3. The van der Waals surface area contributed by atoms with Crippen molar-refractivity contribution in [1.29, 1.82) is 0 Å². The van der Waals surface area contributed by atoms with E-state index in [2.05, 4.69) is 20.6 Å². The Morgan fingerprint density at radius 3 is 1.15 bits per heavy atom. The van der Waals surface area contributed by atoms with Crippen LogP contribution < -0.4 is 16.4 Å². The molecule has 464 valence electrons. The van der Waals surface area contributed by atoms with Crippen molar-refractivity contribution >= 4 is 53.6 Å². The number of hydrogen-bond donors (Lipinski definition) is 7. The number of aliphatic hydroxyl groups excluding tert-OH is 1. The van der Waals surface area contributed by atoms with Gasteiger partial charge in [0.1, 0.15) is 54.1 Å². The first-order chi connectivity index (χ1) is 38.2. The van der Waals surface area contributed by atoms with Gasteiger partial charge in [0, 0.05) is 12.4 Å². The van der Waals surface area contributed by atoms with Gasteiger partial charge in [0.05, 0.1) is 30.3 Å². The number of aryl methyl sites for hydroxylation is 2. The first-order valence-electron chi connectivity index (χ1n) is 27.9. The molecule has 82 heavy (non-hydrogen) atoms. The number of carbonyl (C=O) groups is 9. The van der Waals surface area contributed by atoms with Crippen LogP contribution in [0.4, 0.5) is 0 Å². The van der Waals surface area contributed by atoms with Gasteiger partial charge in [-0.1, -0.05) is 90.0 Å². The molecule has 0 fully saturated rings. The fourth-order valence-electron chi connectivity index (χ4n) is 7.24. The molecule has 24 heteroatoms. The number of aromatic hydroxyl groups is 2. The molecule has 0 saturated heterocycles. The molecule has 0 aliphatic rings. The highest BCUT2D eigenvalue weighted by molar-refractivity contribution is 5.98. The molecular weight excluding hydrogens is 1070 g/mol. The van der Waals surface area contributed by atoms with Crippen LogP contribution in [0.25, 0.3) is 0 Å². The van der Waals surface area contributed by atoms with Gasteiger partial charge in [0.25, 0.3) is 11.8 Å². The molecule has 0 spiro atoms. The van der Waals surface area contributed by atoms with Crippen LogP contribution in [0, 0.1) is 49.4 Å². The zero-order chi connectivity index (χ0) is 63.5. The minimum atomic E-state index is -1.53. The van der Waals surface area contributed by atoms with Gasteiger partial charge >= 0.3 is 41.8 Å². The molecule has 2 aromatic heterocycles. The summed E-state index contributed by atoms with van der Waals surface area (Å²) in [5.74, 6) is -8.98. The first-order valence-corrected chi connectivity index (χ1v) is 27.9. The maximum absolute atomic E-state index is 12.7. The molecule has 8 N–H and O–H groups in total. The molecule has 12 atom stereocenters. The maximum Gasteiger partial charge on any atom is 0.331 e. The third-order valence-electron chi connectivity index (χ3n) is 13.2. The van der Waals surface area contributed by atoms with Crippen molar-refractivity contribution in [1.82, 2.24) is 20.6 Å². The number of nitrogens with one attached hydrogen (secondary N) is 2. The topological polar surface area (TPSA) is 366 Å². The van der Waals surface area contributed by atoms with E-state index in [-0.39, 0.29) is 71.3 Å². The second-order valence-electron chi connectivity index (χ2n) is 21.0. The molecule has 2 amide bonds. The Balaban J connectivity index is 0.00000123. The van der Waals surface area contributed by atoms with E-state index in [0.29, 0.717) is 17.5 Å². The molecule has 0 unspecified atom stereocenters. The molecule has 24 nitrogen and oxygen atoms in total. The van der Waals surface area contributed by atoms with Gasteiger partial charge in [-0.3, -0.25) is 33.6 Å². The van der Waals surface area contributed by atoms with E-state index in [0.717, 1.165) is 12.8 Å². The van der Waals surface area contributed by atoms with E-state index in [1.807, 2.05) is 34.6 Å². The molecule has 0 aliphatic carbocycles. The number of carboxylic acid groups (broad SMARTS) is 1. The van der Waals surface area contributed by atoms with Crippen LogP contribution in [0.2, 0.25) is 0 Å². The van der Waals surface area contributed by atoms with Crippen LogP contribution in [0.15, 0.2) is 24.5 Å². The predicted molar refractivity (Wildman–Crippen MR) is 301 cm³/mol. The van der Waals surface area contributed by atoms with Crippen molar-refractivity contribution in [3.05, 3.63) is 47.0 Å². The lowest BCUT2D eigenvalue weighted by atomic mass is 9.95. The number of amides is 2. The van der Waals surface area contributed by atoms with Gasteiger partial charge in [-0.05, 0) is 102 Å². The number of carbonyl (C=O) groups excluding carboxylic acids is 8. The van der Waals surface area contributed by atoms with Crippen LogP contribution in [0.1, 0.15) is 175 Å². The van der Waals surface area contributed by atoms with Crippen LogP contribution in [-0.4, -0.2) is 145 Å². The van der Waals surface area contributed by atoms with E-state index < -0.39 is 115 Å². The number of pyridine rings is 2. The quantitative estimate of drug-likeness (QED) is 0.0351. The van der Waals surface area contributed by atoms with E-state index in [9.17, 15) is 63.6 Å². The van der Waals surface area contributed by atoms with Gasteiger partial charge in [0.15, 0.2) is 23.5 Å². The van der Waals surface area contributed by atoms with Crippen LogP contribution in [-0.2, 0) is 62.0 Å². The summed E-state index contributed by atoms with van der Waals surface area (Å²) >= 11 is 0. The summed E-state index contributed by atoms with van der Waals surface area (Å²) in [6, 6.07) is -0.0298. The molecule has 0 bridgehead atoms. The fraction of sp³-hybridized carbons (Fsp3) is 0.672. The summed E-state index contributed by atoms with van der Waals surface area (Å²) in [6.07, 6.45) is 0.477. The Kier molecular flexibility index (Phi) is 34.1. The normalized spacial score (nSPS) is 15.5. The molecule has 0 radical (unpaired) electrons. The van der Waals surface area contributed by atoms with E-state index in [1.54, 1.807) is 89.2 Å². The summed E-state index contributed by atoms with van der Waals surface area (Å²) < 4.78 is 32.5. The van der Waals surface area contributed by atoms with Gasteiger partial charge < -0.3 is 65.2 Å². The van der Waals surface area contributed by atoms with Gasteiger partial charge in [-0.2, -0.15) is 0 Å². The molecule has 2 rings (SSSR count). The lowest BCUT2D eigenvalue weighted by Crippen LogP contribution is -2.48. The van der Waals surface area contributed by atoms with Crippen molar-refractivity contribution in [2.24, 2.45) is 41.2 Å². The number of nitrogens with zero attached hydrogens (tertiary/aromatic N) is 2. The third kappa shape index (κ3) is 24.3. The summed E-state index contributed by atoms with van der Waals surface area (Å²) in [7, 11) is 0. The fourth-order valence-corrected chi connectivity index (χ4v) is 7.24. The minimum Gasteiger partial charge on any atom is -0.505 e. The zero-order valence-corrected chi connectivity index (χ0v) is 51.1. The van der Waals surface area contributed by atoms with E-state index in [1.165, 1.54) is 25.4 Å². The zero-order valence-electron chi connectivity index (χ0n) is 51.1. The summed E-state index contributed by atoms with van der Waals surface area (Å²) in [5, 5.41) is 43.8. The third-order valence-corrected chi connectivity index (χ3v) is 13.2. The SMILES string of the molecule is CC[C@@H](C(=O)O)[C@@H](OC(=O)C(C)C)[C@H](C)OC(=O)[C@H](CO)NC(=O)c1nccc(C)c1O.CC[C@@H](C)[C@@H](OC(=O)C(C)C)[C@H](C)OC(=O)[C@@H](N)CC.CC[C@H](NC(=O)c1nccc(C)c1O)C(=O)O[C@@H](C)[C@H](OC(=O)C(C)C)[C@H](C)CC. The maximum atomic E-state index is 12.7. The number of nitrogens with two attached hydrogens (primary N) is 1. The van der Waals surface area contributed by atoms with Crippen molar-refractivity contribution in [3.8, 4) is 11.5 Å². The molecule has 0 aromatic carbocycles. The van der Waals surface area contributed by atoms with Gasteiger partial charge in [0.2, 0.25) is 0 Å². The number of ether oxygens (including phenoxy) is 6. The molecular formula is C58H93N5O19. The lowest BCUT2D eigenvalue weighted by molar-refractivity contribution is -0.179. The number of esters is 6. The standard InChI is InChI=1S/C22H34N2O6.C21H30N2O9.C15H29NO4/c1-8-13(5)19(30-21(27)12(3)4)15(7)29-22(28)16(9-2)24-20(26)17-18(25)14(6)10-11-23-17;1-6-13(19(27)28)17(32-20(29)10(2)3)12(5)31-21(30)14(9-24)23-18(26)15-16(25)11(4)7-8-22-15;1-7-10(5)13(20-14(17)9(3)4)11(6)19-15(18)12(16)8-2/h10-13,15-16,19,25H,8-9H2,1-7H3,(H,24,26);7-8,10,12-14,17,24-25H,6,9H2,1-5H3,(H,23,26)(H,27,28);9-13H,7-8,16H2,1-6H3/t13-,15+,16+,19-;12-,13+,14-,17-;10-,11+,12+,13-/m101/s1. The highest BCUT2D eigenvalue weighted by Crippen LogP contribution is 2.25. The number of aliphatic hydroxyl groups is 1. The first kappa shape index (κ1) is 75.0. The summed E-state index contributed by atoms with van der Waals surface area (Å²) in [5.41, 5.74) is 6.03. The van der Waals surface area contributed by atoms with Crippen molar-refractivity contribution in [3.63, 3.8) is 0 Å². The van der Waals surface area contributed by atoms with E-state index in [4.69, 9.17) is 34.2 Å². The average molecular weight is 1160 g/mol. The molecule has 0 saturated carbocycles. The predicted octanol–water partition coefficient (Wildman–Crippen LogP) is 6.22. The van der Waals surface area contributed by atoms with Gasteiger partial charge in [-0.15, -0.1) is 0 Å². The Morgan fingerprint density at radius 2 is 0.829 bits per heavy atom. The van der Waals surface area contributed by atoms with Crippen molar-refractivity contribution < 1.29 is 92.0 Å². The number of aromatic nitrogens is 2. The number of aliphatic carboxylic acids is 1. The second kappa shape index (κ2) is 37.2. The Labute approximate surface area is 482 Å². The Morgan fingerprint density at radius 1 is 0.488 bits per heavy atom. The monoisotopic (exact) mass is 1160 g/mol. The average Bonchev–Trinajstić information content (AvgIpc) is 3.49. The van der Waals surface area contributed by atoms with Crippen molar-refractivity contribution in [2.45, 2.75) is 211 Å². The molecule has 2 aromatic rings. The smallest absolute Gasteiger partial charge is 0.331 e. The highest BCUT2D eigenvalue weighted by Gasteiger charge is 2.39. The lowest BCUT2D eigenvalue weighted by Gasteiger charge is -2.30. The highest BCUT2D eigenvalue weighted by atomic mass is 16.6. The van der Waals surface area contributed by atoms with E-state index >= 15 is 0 Å². The Bertz CT molecular complexity index is 2400. The minimum absolute atomic E-state index is 0.0152. The number of rotatable bonds is 29. The van der Waals surface area contributed by atoms with Crippen LogP contribution >= 0.6 is 0 Å². The van der Waals surface area contributed by atoms with Crippen molar-refractivity contribution in [2.75, 3.05) is 6.61 Å². The molecule has 0 aliphatic heterocycles. The summed E-state index contributed by atoms with van der Waals surface area (Å²) in [4.78, 5) is 117. The second-order valence-corrected chi connectivity index (χ2v) is 21.0. The van der Waals surface area contributed by atoms with Crippen LogP contribution in [0.5, 0.6) is 11.5 Å². The van der Waals surface area contributed by atoms with Gasteiger partial charge in [-0.25, -0.2) is 19.6 Å². The van der Waals surface area contributed by atoms with Crippen LogP contribution in [0.3, 0.4) is 0 Å². The molecule has 2 heterocycles. The Hall–Kier alpha value is -6.95. The largest absolute Gasteiger partial charge is 0.505 e. The number of carboxylic acids is 1. The number of hydrogen-bond acceptors (Lipinski definition) is 21.